The van der Waals surface area contributed by atoms with Gasteiger partial charge in [0.05, 0.1) is 6.10 Å². The van der Waals surface area contributed by atoms with Crippen LogP contribution in [0.4, 0.5) is 5.69 Å². The highest BCUT2D eigenvalue weighted by atomic mass is 16.5. The lowest BCUT2D eigenvalue weighted by Gasteiger charge is -2.21. The monoisotopic (exact) mass is 247 g/mol. The van der Waals surface area contributed by atoms with E-state index in [1.807, 2.05) is 6.07 Å². The Balaban J connectivity index is 2.16. The molecule has 1 heterocycles. The Labute approximate surface area is 109 Å². The van der Waals surface area contributed by atoms with Crippen molar-refractivity contribution in [3.8, 4) is 0 Å². The van der Waals surface area contributed by atoms with Gasteiger partial charge >= 0.3 is 0 Å². The zero-order chi connectivity index (χ0) is 13.0. The number of fused-ring (bicyclic) bond motifs is 1. The summed E-state index contributed by atoms with van der Waals surface area (Å²) in [6.07, 6.45) is 3.61. The first-order valence-corrected chi connectivity index (χ1v) is 6.78. The number of rotatable bonds is 5. The van der Waals surface area contributed by atoms with Crippen LogP contribution in [0.2, 0.25) is 0 Å². The van der Waals surface area contributed by atoms with Gasteiger partial charge in [-0.05, 0) is 36.5 Å². The van der Waals surface area contributed by atoms with Crippen molar-refractivity contribution in [2.45, 2.75) is 45.6 Å². The molecule has 1 amide bonds. The second-order valence-electron chi connectivity index (χ2n) is 4.73. The fourth-order valence-electron chi connectivity index (χ4n) is 2.31. The Morgan fingerprint density at radius 2 is 2.17 bits per heavy atom. The van der Waals surface area contributed by atoms with E-state index in [9.17, 15) is 4.79 Å². The lowest BCUT2D eigenvalue weighted by molar-refractivity contribution is -0.116. The molecule has 0 bridgehead atoms. The number of carbonyl (C=O) groups is 1. The number of ether oxygens (including phenoxy) is 1. The molecule has 0 radical (unpaired) electrons. The van der Waals surface area contributed by atoms with Gasteiger partial charge in [0.15, 0.2) is 0 Å². The fraction of sp³-hybridized carbons (Fsp3) is 0.533. The van der Waals surface area contributed by atoms with E-state index in [2.05, 4.69) is 31.3 Å². The molecule has 1 aliphatic rings. The number of benzene rings is 1. The minimum atomic E-state index is 0.115. The lowest BCUT2D eigenvalue weighted by Crippen LogP contribution is -2.19. The second kappa shape index (κ2) is 6.01. The van der Waals surface area contributed by atoms with Crippen LogP contribution in [0.5, 0.6) is 0 Å². The van der Waals surface area contributed by atoms with Gasteiger partial charge in [0, 0.05) is 18.7 Å². The maximum absolute atomic E-state index is 11.3. The number of hydrogen-bond acceptors (Lipinski definition) is 2. The predicted octanol–water partition coefficient (Wildman–Crippen LogP) is 3.45. The zero-order valence-electron chi connectivity index (χ0n) is 11.2. The summed E-state index contributed by atoms with van der Waals surface area (Å²) in [5.74, 6) is 0.115. The highest BCUT2D eigenvalue weighted by molar-refractivity contribution is 5.93. The molecule has 3 heteroatoms. The summed E-state index contributed by atoms with van der Waals surface area (Å²) in [6.45, 7) is 5.06. The maximum atomic E-state index is 11.3. The molecule has 0 fully saturated rings. The van der Waals surface area contributed by atoms with Crippen LogP contribution in [0.3, 0.4) is 0 Å². The molecule has 18 heavy (non-hydrogen) atoms. The predicted molar refractivity (Wildman–Crippen MR) is 72.7 cm³/mol. The average molecular weight is 247 g/mol. The third-order valence-corrected chi connectivity index (χ3v) is 3.29. The van der Waals surface area contributed by atoms with E-state index in [0.717, 1.165) is 31.6 Å². The summed E-state index contributed by atoms with van der Waals surface area (Å²) < 4.78 is 5.85. The van der Waals surface area contributed by atoms with E-state index in [0.29, 0.717) is 6.42 Å². The van der Waals surface area contributed by atoms with E-state index in [4.69, 9.17) is 4.74 Å². The number of amides is 1. The molecule has 98 valence electrons. The van der Waals surface area contributed by atoms with Crippen LogP contribution in [-0.2, 0) is 16.0 Å². The minimum Gasteiger partial charge on any atom is -0.374 e. The number of aryl methyl sites for hydroxylation is 1. The molecule has 1 aromatic rings. The van der Waals surface area contributed by atoms with E-state index in [1.165, 1.54) is 11.1 Å². The summed E-state index contributed by atoms with van der Waals surface area (Å²) in [5, 5.41) is 2.91. The molecule has 1 aliphatic heterocycles. The molecule has 0 saturated heterocycles. The van der Waals surface area contributed by atoms with Crippen molar-refractivity contribution in [1.29, 1.82) is 0 Å². The number of anilines is 1. The number of hydrogen-bond donors (Lipinski definition) is 1. The van der Waals surface area contributed by atoms with Crippen LogP contribution in [-0.4, -0.2) is 12.5 Å². The van der Waals surface area contributed by atoms with E-state index < -0.39 is 0 Å². The van der Waals surface area contributed by atoms with Crippen molar-refractivity contribution in [1.82, 2.24) is 0 Å². The largest absolute Gasteiger partial charge is 0.374 e. The van der Waals surface area contributed by atoms with Crippen molar-refractivity contribution < 1.29 is 9.53 Å². The molecule has 1 atom stereocenters. The van der Waals surface area contributed by atoms with Gasteiger partial charge in [-0.3, -0.25) is 4.79 Å². The van der Waals surface area contributed by atoms with Crippen LogP contribution in [0.25, 0.3) is 0 Å². The van der Waals surface area contributed by atoms with Crippen molar-refractivity contribution in [3.63, 3.8) is 0 Å². The number of carbonyl (C=O) groups excluding carboxylic acids is 1. The minimum absolute atomic E-state index is 0.115. The second-order valence-corrected chi connectivity index (χ2v) is 4.73. The van der Waals surface area contributed by atoms with Gasteiger partial charge < -0.3 is 10.1 Å². The molecule has 3 nitrogen and oxygen atoms in total. The summed E-state index contributed by atoms with van der Waals surface area (Å²) in [4.78, 5) is 11.3. The van der Waals surface area contributed by atoms with Crippen molar-refractivity contribution >= 4 is 11.6 Å². The van der Waals surface area contributed by atoms with E-state index in [-0.39, 0.29) is 12.0 Å². The lowest BCUT2D eigenvalue weighted by atomic mass is 9.97. The van der Waals surface area contributed by atoms with Crippen molar-refractivity contribution in [2.75, 3.05) is 11.9 Å². The normalized spacial score (nSPS) is 16.0. The van der Waals surface area contributed by atoms with Gasteiger partial charge in [0.25, 0.3) is 0 Å². The van der Waals surface area contributed by atoms with Gasteiger partial charge in [0.1, 0.15) is 0 Å². The molecule has 1 unspecified atom stereocenters. The van der Waals surface area contributed by atoms with Gasteiger partial charge in [0.2, 0.25) is 5.91 Å². The molecule has 0 aliphatic carbocycles. The molecular weight excluding hydrogens is 226 g/mol. The molecule has 0 saturated carbocycles. The van der Waals surface area contributed by atoms with Crippen LogP contribution in [0.15, 0.2) is 18.2 Å². The molecule has 0 aromatic heterocycles. The highest BCUT2D eigenvalue weighted by Gasteiger charge is 2.17. The summed E-state index contributed by atoms with van der Waals surface area (Å²) in [5.41, 5.74) is 3.41. The Kier molecular flexibility index (Phi) is 4.37. The van der Waals surface area contributed by atoms with Crippen LogP contribution in [0, 0.1) is 0 Å². The molecular formula is C15H21NO2. The maximum Gasteiger partial charge on any atom is 0.224 e. The van der Waals surface area contributed by atoms with Crippen LogP contribution in [0.1, 0.15) is 50.3 Å². The molecule has 2 rings (SSSR count). The van der Waals surface area contributed by atoms with Gasteiger partial charge in [-0.1, -0.05) is 26.0 Å². The zero-order valence-corrected chi connectivity index (χ0v) is 11.2. The quantitative estimate of drug-likeness (QED) is 0.865. The average Bonchev–Trinajstić information content (AvgIpc) is 2.39. The Hall–Kier alpha value is -1.35. The molecule has 1 N–H and O–H groups in total. The third-order valence-electron chi connectivity index (χ3n) is 3.29. The van der Waals surface area contributed by atoms with Gasteiger partial charge in [-0.15, -0.1) is 0 Å². The van der Waals surface area contributed by atoms with Gasteiger partial charge in [-0.25, -0.2) is 0 Å². The summed E-state index contributed by atoms with van der Waals surface area (Å²) in [7, 11) is 0. The van der Waals surface area contributed by atoms with Crippen LogP contribution < -0.4 is 5.32 Å². The van der Waals surface area contributed by atoms with Gasteiger partial charge in [-0.2, -0.15) is 0 Å². The van der Waals surface area contributed by atoms with Crippen molar-refractivity contribution in [2.24, 2.45) is 0 Å². The van der Waals surface area contributed by atoms with Crippen molar-refractivity contribution in [3.05, 3.63) is 29.3 Å². The molecule has 1 aromatic carbocycles. The molecule has 0 spiro atoms. The Morgan fingerprint density at radius 1 is 1.33 bits per heavy atom. The Bertz CT molecular complexity index is 429. The Morgan fingerprint density at radius 3 is 2.89 bits per heavy atom. The standard InChI is InChI=1S/C15H21NO2/c1-3-9-18-14(4-2)12-5-7-13-11(10-12)6-8-15(17)16-13/h5,7,10,14H,3-4,6,8-9H2,1-2H3,(H,16,17). The topological polar surface area (TPSA) is 38.3 Å². The highest BCUT2D eigenvalue weighted by Crippen LogP contribution is 2.28. The first-order valence-electron chi connectivity index (χ1n) is 6.78. The van der Waals surface area contributed by atoms with E-state index >= 15 is 0 Å². The fourth-order valence-corrected chi connectivity index (χ4v) is 2.31. The smallest absolute Gasteiger partial charge is 0.224 e. The third kappa shape index (κ3) is 2.91. The first kappa shape index (κ1) is 13.1. The van der Waals surface area contributed by atoms with Crippen LogP contribution >= 0.6 is 0 Å². The SMILES string of the molecule is CCCOC(CC)c1ccc2c(c1)CCC(=O)N2. The summed E-state index contributed by atoms with van der Waals surface area (Å²) >= 11 is 0. The van der Waals surface area contributed by atoms with E-state index in [1.54, 1.807) is 0 Å². The first-order chi connectivity index (χ1) is 8.74. The number of nitrogens with one attached hydrogen (secondary N) is 1. The summed E-state index contributed by atoms with van der Waals surface area (Å²) in [6, 6.07) is 6.24.